The summed E-state index contributed by atoms with van der Waals surface area (Å²) in [6.07, 6.45) is -4.64. The monoisotopic (exact) mass is 223 g/mol. The molecule has 2 nitrogen and oxygen atoms in total. The van der Waals surface area contributed by atoms with Gasteiger partial charge in [-0.25, -0.2) is 4.39 Å². The third-order valence-electron chi connectivity index (χ3n) is 1.97. The van der Waals surface area contributed by atoms with Crippen LogP contribution in [-0.4, -0.2) is 5.11 Å². The van der Waals surface area contributed by atoms with E-state index in [1.54, 1.807) is 0 Å². The summed E-state index contributed by atoms with van der Waals surface area (Å²) in [6, 6.07) is 1.28. The third-order valence-corrected chi connectivity index (χ3v) is 1.97. The molecule has 1 aromatic rings. The van der Waals surface area contributed by atoms with E-state index in [1.165, 1.54) is 0 Å². The van der Waals surface area contributed by atoms with Crippen molar-refractivity contribution in [3.8, 4) is 0 Å². The Kier molecular flexibility index (Phi) is 3.31. The number of aliphatic hydroxyl groups excluding tert-OH is 1. The van der Waals surface area contributed by atoms with Crippen molar-refractivity contribution in [2.24, 2.45) is 5.73 Å². The van der Waals surface area contributed by atoms with Crippen molar-refractivity contribution >= 4 is 0 Å². The van der Waals surface area contributed by atoms with E-state index in [-0.39, 0.29) is 17.7 Å². The fourth-order valence-electron chi connectivity index (χ4n) is 1.22. The number of rotatable bonds is 2. The maximum Gasteiger partial charge on any atom is 0.416 e. The van der Waals surface area contributed by atoms with Gasteiger partial charge in [0.25, 0.3) is 0 Å². The normalized spacial score (nSPS) is 11.9. The first-order valence-corrected chi connectivity index (χ1v) is 4.09. The number of hydrogen-bond acceptors (Lipinski definition) is 2. The van der Waals surface area contributed by atoms with Gasteiger partial charge in [0.2, 0.25) is 0 Å². The van der Waals surface area contributed by atoms with Crippen molar-refractivity contribution in [3.05, 3.63) is 34.6 Å². The molecular weight excluding hydrogens is 214 g/mol. The van der Waals surface area contributed by atoms with Crippen LogP contribution in [0, 0.1) is 5.82 Å². The molecule has 0 aliphatic carbocycles. The molecule has 0 heterocycles. The van der Waals surface area contributed by atoms with Crippen LogP contribution < -0.4 is 5.73 Å². The van der Waals surface area contributed by atoms with Crippen molar-refractivity contribution in [1.29, 1.82) is 0 Å². The lowest BCUT2D eigenvalue weighted by Crippen LogP contribution is -2.13. The summed E-state index contributed by atoms with van der Waals surface area (Å²) < 4.78 is 50.1. The highest BCUT2D eigenvalue weighted by Crippen LogP contribution is 2.33. The van der Waals surface area contributed by atoms with Crippen molar-refractivity contribution in [2.45, 2.75) is 19.3 Å². The van der Waals surface area contributed by atoms with Crippen LogP contribution in [0.1, 0.15) is 16.7 Å². The van der Waals surface area contributed by atoms with Crippen molar-refractivity contribution in [1.82, 2.24) is 0 Å². The SMILES string of the molecule is NCc1cc(CO)c(F)cc1C(F)(F)F. The van der Waals surface area contributed by atoms with Crippen LogP contribution in [0.2, 0.25) is 0 Å². The van der Waals surface area contributed by atoms with Crippen LogP contribution in [0.4, 0.5) is 17.6 Å². The Morgan fingerprint density at radius 1 is 1.20 bits per heavy atom. The average molecular weight is 223 g/mol. The van der Waals surface area contributed by atoms with Gasteiger partial charge in [0.1, 0.15) is 5.82 Å². The number of hydrogen-bond donors (Lipinski definition) is 2. The van der Waals surface area contributed by atoms with Gasteiger partial charge in [0.15, 0.2) is 0 Å². The molecule has 1 aromatic carbocycles. The number of halogens is 4. The maximum absolute atomic E-state index is 13.0. The first-order valence-electron chi connectivity index (χ1n) is 4.09. The predicted molar refractivity (Wildman–Crippen MR) is 45.2 cm³/mol. The summed E-state index contributed by atoms with van der Waals surface area (Å²) in [7, 11) is 0. The largest absolute Gasteiger partial charge is 0.416 e. The molecule has 0 atom stereocenters. The first-order chi connectivity index (χ1) is 6.90. The van der Waals surface area contributed by atoms with Crippen molar-refractivity contribution in [3.63, 3.8) is 0 Å². The fraction of sp³-hybridized carbons (Fsp3) is 0.333. The van der Waals surface area contributed by atoms with E-state index in [4.69, 9.17) is 10.8 Å². The summed E-state index contributed by atoms with van der Waals surface area (Å²) in [5, 5.41) is 8.67. The summed E-state index contributed by atoms with van der Waals surface area (Å²) >= 11 is 0. The lowest BCUT2D eigenvalue weighted by Gasteiger charge is -2.13. The van der Waals surface area contributed by atoms with Crippen LogP contribution in [0.25, 0.3) is 0 Å². The highest BCUT2D eigenvalue weighted by molar-refractivity contribution is 5.34. The van der Waals surface area contributed by atoms with E-state index in [9.17, 15) is 17.6 Å². The molecule has 0 aliphatic rings. The molecule has 0 fully saturated rings. The maximum atomic E-state index is 13.0. The first kappa shape index (κ1) is 11.9. The van der Waals surface area contributed by atoms with E-state index >= 15 is 0 Å². The highest BCUT2D eigenvalue weighted by atomic mass is 19.4. The third kappa shape index (κ3) is 2.45. The molecule has 6 heteroatoms. The number of benzene rings is 1. The predicted octanol–water partition coefficient (Wildman–Crippen LogP) is 1.80. The molecule has 15 heavy (non-hydrogen) atoms. The molecule has 1 rings (SSSR count). The Bertz CT molecular complexity index is 362. The molecule has 0 aliphatic heterocycles. The second-order valence-corrected chi connectivity index (χ2v) is 2.96. The van der Waals surface area contributed by atoms with Gasteiger partial charge >= 0.3 is 6.18 Å². The van der Waals surface area contributed by atoms with Gasteiger partial charge in [-0.05, 0) is 17.7 Å². The summed E-state index contributed by atoms with van der Waals surface area (Å²) in [5.41, 5.74) is 3.60. The van der Waals surface area contributed by atoms with Gasteiger partial charge in [-0.3, -0.25) is 0 Å². The van der Waals surface area contributed by atoms with Gasteiger partial charge in [-0.15, -0.1) is 0 Å². The topological polar surface area (TPSA) is 46.2 Å². The van der Waals surface area contributed by atoms with Gasteiger partial charge in [0, 0.05) is 12.1 Å². The molecule has 3 N–H and O–H groups in total. The molecule has 0 spiro atoms. The zero-order chi connectivity index (χ0) is 11.6. The van der Waals surface area contributed by atoms with E-state index in [2.05, 4.69) is 0 Å². The van der Waals surface area contributed by atoms with E-state index in [1.807, 2.05) is 0 Å². The van der Waals surface area contributed by atoms with Crippen LogP contribution in [0.3, 0.4) is 0 Å². The van der Waals surface area contributed by atoms with Gasteiger partial charge < -0.3 is 10.8 Å². The minimum atomic E-state index is -4.64. The fourth-order valence-corrected chi connectivity index (χ4v) is 1.22. The summed E-state index contributed by atoms with van der Waals surface area (Å²) in [4.78, 5) is 0. The highest BCUT2D eigenvalue weighted by Gasteiger charge is 2.33. The van der Waals surface area contributed by atoms with Gasteiger partial charge in [-0.1, -0.05) is 0 Å². The van der Waals surface area contributed by atoms with Crippen LogP contribution in [0.5, 0.6) is 0 Å². The zero-order valence-corrected chi connectivity index (χ0v) is 7.61. The second-order valence-electron chi connectivity index (χ2n) is 2.96. The molecule has 0 saturated carbocycles. The zero-order valence-electron chi connectivity index (χ0n) is 7.61. The molecular formula is C9H9F4NO. The Hall–Kier alpha value is -1.14. The van der Waals surface area contributed by atoms with Crippen LogP contribution >= 0.6 is 0 Å². The lowest BCUT2D eigenvalue weighted by atomic mass is 10.0. The van der Waals surface area contributed by atoms with Crippen LogP contribution in [-0.2, 0) is 19.3 Å². The second kappa shape index (κ2) is 4.16. The Labute approximate surface area is 83.3 Å². The molecule has 0 unspecified atom stereocenters. The Balaban J connectivity index is 3.34. The summed E-state index contributed by atoms with van der Waals surface area (Å²) in [5.74, 6) is -1.08. The average Bonchev–Trinajstić information content (AvgIpc) is 2.16. The molecule has 0 radical (unpaired) electrons. The molecule has 84 valence electrons. The van der Waals surface area contributed by atoms with Gasteiger partial charge in [0.05, 0.1) is 12.2 Å². The van der Waals surface area contributed by atoms with E-state index in [0.29, 0.717) is 6.07 Å². The van der Waals surface area contributed by atoms with E-state index < -0.39 is 24.2 Å². The van der Waals surface area contributed by atoms with Gasteiger partial charge in [-0.2, -0.15) is 13.2 Å². The van der Waals surface area contributed by atoms with Crippen molar-refractivity contribution < 1.29 is 22.7 Å². The van der Waals surface area contributed by atoms with Crippen LogP contribution in [0.15, 0.2) is 12.1 Å². The minimum absolute atomic E-state index is 0.191. The molecule has 0 aromatic heterocycles. The molecule has 0 amide bonds. The molecule has 0 bridgehead atoms. The lowest BCUT2D eigenvalue weighted by molar-refractivity contribution is -0.138. The standard InChI is InChI=1S/C9H9F4NO/c10-8-2-7(9(11,12)13)5(3-14)1-6(8)4-15/h1-2,15H,3-4,14H2. The number of nitrogens with two attached hydrogens (primary N) is 1. The summed E-state index contributed by atoms with van der Waals surface area (Å²) in [6.45, 7) is -1.01. The molecule has 0 saturated heterocycles. The quantitative estimate of drug-likeness (QED) is 0.751. The number of aliphatic hydroxyl groups is 1. The smallest absolute Gasteiger partial charge is 0.392 e. The van der Waals surface area contributed by atoms with Crippen molar-refractivity contribution in [2.75, 3.05) is 0 Å². The Morgan fingerprint density at radius 2 is 1.80 bits per heavy atom. The Morgan fingerprint density at radius 3 is 2.20 bits per heavy atom. The number of alkyl halides is 3. The van der Waals surface area contributed by atoms with E-state index in [0.717, 1.165) is 6.07 Å². The minimum Gasteiger partial charge on any atom is -0.392 e.